The van der Waals surface area contributed by atoms with Crippen LogP contribution < -0.4 is 4.74 Å². The van der Waals surface area contributed by atoms with Crippen molar-refractivity contribution in [2.45, 2.75) is 39.5 Å². The van der Waals surface area contributed by atoms with Crippen LogP contribution in [-0.2, 0) is 11.2 Å². The first kappa shape index (κ1) is 15.0. The van der Waals surface area contributed by atoms with Crippen LogP contribution in [0.25, 0.3) is 0 Å². The number of hydrogen-bond acceptors (Lipinski definition) is 3. The summed E-state index contributed by atoms with van der Waals surface area (Å²) in [4.78, 5) is 19.1. The van der Waals surface area contributed by atoms with Crippen LogP contribution in [0.5, 0.6) is 5.75 Å². The van der Waals surface area contributed by atoms with E-state index in [0.717, 1.165) is 60.3 Å². The number of carbonyl (C=O) groups excluding carboxylic acids is 1. The summed E-state index contributed by atoms with van der Waals surface area (Å²) >= 11 is 0. The molecule has 3 aliphatic rings. The Morgan fingerprint density at radius 1 is 1.26 bits per heavy atom. The highest BCUT2D eigenvalue weighted by Gasteiger charge is 2.52. The van der Waals surface area contributed by atoms with Gasteiger partial charge in [-0.15, -0.1) is 0 Å². The second kappa shape index (κ2) is 5.81. The van der Waals surface area contributed by atoms with E-state index in [1.165, 1.54) is 19.3 Å². The summed E-state index contributed by atoms with van der Waals surface area (Å²) in [7, 11) is 0. The molecule has 124 valence electrons. The average molecular weight is 314 g/mol. The number of amides is 1. The van der Waals surface area contributed by atoms with Crippen LogP contribution in [-0.4, -0.2) is 35.5 Å². The maximum atomic E-state index is 12.5. The second-order valence-corrected chi connectivity index (χ2v) is 7.50. The molecule has 3 fully saturated rings. The van der Waals surface area contributed by atoms with Crippen LogP contribution in [0.15, 0.2) is 12.1 Å². The Labute approximate surface area is 138 Å². The van der Waals surface area contributed by atoms with E-state index in [1.807, 2.05) is 24.0 Å². The van der Waals surface area contributed by atoms with Crippen molar-refractivity contribution in [1.29, 1.82) is 0 Å². The number of ether oxygens (including phenoxy) is 1. The SMILES string of the molecule is CCc1nc(C)ccc1OCC(=O)N1C[C@@H]2[C@@H]3CC[C@@H](C3)[C@@H]2C1. The van der Waals surface area contributed by atoms with E-state index in [-0.39, 0.29) is 12.5 Å². The normalized spacial score (nSPS) is 31.5. The van der Waals surface area contributed by atoms with Gasteiger partial charge in [0.1, 0.15) is 5.75 Å². The maximum absolute atomic E-state index is 12.5. The lowest BCUT2D eigenvalue weighted by molar-refractivity contribution is -0.132. The molecule has 23 heavy (non-hydrogen) atoms. The molecule has 1 aliphatic heterocycles. The van der Waals surface area contributed by atoms with Gasteiger partial charge >= 0.3 is 0 Å². The van der Waals surface area contributed by atoms with Gasteiger partial charge in [-0.25, -0.2) is 0 Å². The predicted molar refractivity (Wildman–Crippen MR) is 88.2 cm³/mol. The van der Waals surface area contributed by atoms with E-state index in [1.54, 1.807) is 0 Å². The van der Waals surface area contributed by atoms with Crippen molar-refractivity contribution < 1.29 is 9.53 Å². The van der Waals surface area contributed by atoms with E-state index >= 15 is 0 Å². The predicted octanol–water partition coefficient (Wildman–Crippen LogP) is 2.84. The number of likely N-dealkylation sites (tertiary alicyclic amines) is 1. The highest BCUT2D eigenvalue weighted by atomic mass is 16.5. The van der Waals surface area contributed by atoms with Gasteiger partial charge in [0.25, 0.3) is 5.91 Å². The van der Waals surface area contributed by atoms with Crippen LogP contribution in [0.4, 0.5) is 0 Å². The zero-order chi connectivity index (χ0) is 16.0. The van der Waals surface area contributed by atoms with E-state index in [9.17, 15) is 4.79 Å². The van der Waals surface area contributed by atoms with Gasteiger partial charge in [-0.2, -0.15) is 0 Å². The van der Waals surface area contributed by atoms with E-state index in [4.69, 9.17) is 4.74 Å². The number of nitrogens with zero attached hydrogens (tertiary/aromatic N) is 2. The van der Waals surface area contributed by atoms with Crippen molar-refractivity contribution in [3.8, 4) is 5.75 Å². The third kappa shape index (κ3) is 2.62. The Bertz CT molecular complexity index is 597. The smallest absolute Gasteiger partial charge is 0.260 e. The Hall–Kier alpha value is -1.58. The topological polar surface area (TPSA) is 42.4 Å². The molecule has 4 atom stereocenters. The van der Waals surface area contributed by atoms with E-state index < -0.39 is 0 Å². The third-order valence-corrected chi connectivity index (χ3v) is 6.25. The van der Waals surface area contributed by atoms with Gasteiger partial charge in [-0.05, 0) is 68.4 Å². The highest BCUT2D eigenvalue weighted by Crippen LogP contribution is 2.55. The van der Waals surface area contributed by atoms with Gasteiger partial charge in [-0.1, -0.05) is 6.92 Å². The lowest BCUT2D eigenvalue weighted by atomic mass is 9.82. The minimum absolute atomic E-state index is 0.140. The summed E-state index contributed by atoms with van der Waals surface area (Å²) < 4.78 is 5.79. The number of hydrogen-bond donors (Lipinski definition) is 0. The fraction of sp³-hybridized carbons (Fsp3) is 0.684. The average Bonchev–Trinajstić information content (AvgIpc) is 3.25. The van der Waals surface area contributed by atoms with Crippen molar-refractivity contribution in [3.63, 3.8) is 0 Å². The standard InChI is InChI=1S/C19H26N2O2/c1-3-17-18(7-4-12(2)20-17)23-11-19(22)21-9-15-13-5-6-14(8-13)16(15)10-21/h4,7,13-16H,3,5-6,8-11H2,1-2H3/t13-,14+,15-,16+. The number of rotatable bonds is 4. The van der Waals surface area contributed by atoms with Gasteiger partial charge in [0.15, 0.2) is 6.61 Å². The van der Waals surface area contributed by atoms with E-state index in [2.05, 4.69) is 11.9 Å². The molecule has 2 aliphatic carbocycles. The molecule has 4 nitrogen and oxygen atoms in total. The molecule has 0 N–H and O–H groups in total. The molecule has 2 saturated carbocycles. The van der Waals surface area contributed by atoms with Crippen molar-refractivity contribution in [2.24, 2.45) is 23.7 Å². The molecule has 0 radical (unpaired) electrons. The molecule has 2 heterocycles. The molecule has 1 amide bonds. The zero-order valence-corrected chi connectivity index (χ0v) is 14.1. The van der Waals surface area contributed by atoms with Gasteiger partial charge in [0.2, 0.25) is 0 Å². The maximum Gasteiger partial charge on any atom is 0.260 e. The van der Waals surface area contributed by atoms with Crippen LogP contribution >= 0.6 is 0 Å². The Morgan fingerprint density at radius 2 is 1.96 bits per heavy atom. The van der Waals surface area contributed by atoms with Crippen LogP contribution in [0.3, 0.4) is 0 Å². The quantitative estimate of drug-likeness (QED) is 0.858. The Kier molecular flexibility index (Phi) is 3.78. The van der Waals surface area contributed by atoms with Crippen LogP contribution in [0.2, 0.25) is 0 Å². The highest BCUT2D eigenvalue weighted by molar-refractivity contribution is 5.78. The van der Waals surface area contributed by atoms with Crippen LogP contribution in [0.1, 0.15) is 37.6 Å². The molecule has 0 spiro atoms. The minimum atomic E-state index is 0.140. The molecule has 0 unspecified atom stereocenters. The summed E-state index contributed by atoms with van der Waals surface area (Å²) in [6, 6.07) is 3.88. The molecule has 2 bridgehead atoms. The summed E-state index contributed by atoms with van der Waals surface area (Å²) in [5.74, 6) is 4.20. The summed E-state index contributed by atoms with van der Waals surface area (Å²) in [5.41, 5.74) is 1.93. The van der Waals surface area contributed by atoms with Crippen molar-refractivity contribution in [3.05, 3.63) is 23.5 Å². The summed E-state index contributed by atoms with van der Waals surface area (Å²) in [6.45, 7) is 6.10. The van der Waals surface area contributed by atoms with Crippen molar-refractivity contribution in [1.82, 2.24) is 9.88 Å². The van der Waals surface area contributed by atoms with Gasteiger partial charge in [0, 0.05) is 18.8 Å². The third-order valence-electron chi connectivity index (χ3n) is 6.25. The lowest BCUT2D eigenvalue weighted by Gasteiger charge is -2.22. The van der Waals surface area contributed by atoms with Gasteiger partial charge in [0.05, 0.1) is 5.69 Å². The molecular weight excluding hydrogens is 288 g/mol. The monoisotopic (exact) mass is 314 g/mol. The molecule has 1 saturated heterocycles. The number of aryl methyl sites for hydroxylation is 2. The second-order valence-electron chi connectivity index (χ2n) is 7.50. The molecule has 4 heteroatoms. The zero-order valence-electron chi connectivity index (χ0n) is 14.1. The first-order chi connectivity index (χ1) is 11.2. The fourth-order valence-electron chi connectivity index (χ4n) is 5.10. The Balaban J connectivity index is 1.36. The number of carbonyl (C=O) groups is 1. The summed E-state index contributed by atoms with van der Waals surface area (Å²) in [5, 5.41) is 0. The Morgan fingerprint density at radius 3 is 2.61 bits per heavy atom. The van der Waals surface area contributed by atoms with Crippen molar-refractivity contribution >= 4 is 5.91 Å². The molecule has 0 aromatic carbocycles. The van der Waals surface area contributed by atoms with Gasteiger partial charge < -0.3 is 9.64 Å². The molecule has 1 aromatic heterocycles. The van der Waals surface area contributed by atoms with Gasteiger partial charge in [-0.3, -0.25) is 9.78 Å². The van der Waals surface area contributed by atoms with E-state index in [0.29, 0.717) is 0 Å². The summed E-state index contributed by atoms with van der Waals surface area (Å²) in [6.07, 6.45) is 5.02. The fourth-order valence-corrected chi connectivity index (χ4v) is 5.10. The van der Waals surface area contributed by atoms with Crippen molar-refractivity contribution in [2.75, 3.05) is 19.7 Å². The molecular formula is C19H26N2O2. The largest absolute Gasteiger partial charge is 0.482 e. The minimum Gasteiger partial charge on any atom is -0.482 e. The molecule has 1 aromatic rings. The van der Waals surface area contributed by atoms with Crippen LogP contribution in [0, 0.1) is 30.6 Å². The first-order valence-corrected chi connectivity index (χ1v) is 9.02. The first-order valence-electron chi connectivity index (χ1n) is 9.02. The lowest BCUT2D eigenvalue weighted by Crippen LogP contribution is -2.34. The number of aromatic nitrogens is 1. The molecule has 4 rings (SSSR count). The number of fused-ring (bicyclic) bond motifs is 5. The number of pyridine rings is 1.